The van der Waals surface area contributed by atoms with Crippen LogP contribution in [0.25, 0.3) is 11.4 Å². The summed E-state index contributed by atoms with van der Waals surface area (Å²) in [5.74, 6) is 3.31. The maximum atomic E-state index is 13.4. The van der Waals surface area contributed by atoms with Gasteiger partial charge in [-0.1, -0.05) is 102 Å². The first-order chi connectivity index (χ1) is 60.4. The highest BCUT2D eigenvalue weighted by atomic mass is 32.1. The zero-order valence-electron chi connectivity index (χ0n) is 70.4. The third-order valence-corrected chi connectivity index (χ3v) is 25.8. The molecule has 0 unspecified atom stereocenters. The van der Waals surface area contributed by atoms with Crippen molar-refractivity contribution in [2.75, 3.05) is 167 Å². The fourth-order valence-corrected chi connectivity index (χ4v) is 18.9. The van der Waals surface area contributed by atoms with Gasteiger partial charge < -0.3 is 59.8 Å². The van der Waals surface area contributed by atoms with E-state index in [-0.39, 0.29) is 52.7 Å². The number of hydrogen-bond donors (Lipinski definition) is 8. The topological polar surface area (TPSA) is 386 Å². The molecule has 4 aromatic heterocycles. The van der Waals surface area contributed by atoms with Crippen LogP contribution in [-0.2, 0) is 25.4 Å². The molecule has 8 fully saturated rings. The Labute approximate surface area is 737 Å². The highest BCUT2D eigenvalue weighted by Gasteiger charge is 2.33. The Morgan fingerprint density at radius 1 is 0.363 bits per heavy atom. The third kappa shape index (κ3) is 24.4. The molecule has 0 atom stereocenters. The van der Waals surface area contributed by atoms with Gasteiger partial charge in [0.15, 0.2) is 29.0 Å². The predicted molar refractivity (Wildman–Crippen MR) is 487 cm³/mol. The second kappa shape index (κ2) is 44.1. The number of hydrogen-bond acceptors (Lipinski definition) is 28. The van der Waals surface area contributed by atoms with Gasteiger partial charge in [-0.2, -0.15) is 22.5 Å². The number of ether oxygens (including phenoxy) is 4. The average molecular weight is 1770 g/mol. The van der Waals surface area contributed by atoms with Gasteiger partial charge in [-0.25, -0.2) is 34.1 Å². The summed E-state index contributed by atoms with van der Waals surface area (Å²) >= 11 is 4.54. The van der Waals surface area contributed by atoms with Gasteiger partial charge >= 0.3 is 24.1 Å². The summed E-state index contributed by atoms with van der Waals surface area (Å²) in [6.45, 7) is 19.4. The molecule has 4 aliphatic heterocycles. The van der Waals surface area contributed by atoms with Crippen molar-refractivity contribution in [1.29, 1.82) is 0 Å². The number of benzene rings is 5. The molecule has 17 rings (SSSR count). The fraction of sp³-hybridized carbons (Fsp3) is 0.477. The molecule has 4 aliphatic carbocycles. The van der Waals surface area contributed by atoms with Crippen LogP contribution in [0.5, 0.6) is 0 Å². The summed E-state index contributed by atoms with van der Waals surface area (Å²) in [6.07, 6.45) is 16.6. The molecule has 0 radical (unpaired) electrons. The lowest BCUT2D eigenvalue weighted by atomic mass is 9.94. The number of amides is 8. The van der Waals surface area contributed by atoms with Crippen LogP contribution < -0.4 is 62.1 Å². The lowest BCUT2D eigenvalue weighted by Crippen LogP contribution is -2.36. The number of rotatable bonds is 23. The van der Waals surface area contributed by atoms with Gasteiger partial charge in [0.25, 0.3) is 0 Å². The van der Waals surface area contributed by atoms with E-state index in [1.165, 1.54) is 0 Å². The number of carbonyl (C=O) groups is 8. The van der Waals surface area contributed by atoms with E-state index in [1.54, 1.807) is 6.92 Å². The van der Waals surface area contributed by atoms with Crippen molar-refractivity contribution in [2.24, 2.45) is 23.7 Å². The molecule has 8 N–H and O–H groups in total. The van der Waals surface area contributed by atoms with Crippen molar-refractivity contribution in [3.8, 4) is 11.4 Å². The standard InChI is InChI=1S/C25H27N5O3S.C22H29N5O3S.C21H27N5O3S.C20H25N5O3S/c31-22(17-6-4-5-7-17)20-16-19(30-12-14-33-15-13-30)10-11-21(20)26-24(32)28-25-27-23(29-34-25)18-8-2-1-3-9-18;1-14(2)20-24-22(31-26-20)25-21(29)23-18-8-7-16(27-9-11-30-12-10-27)13-17(18)19(28)15-5-3-4-6-15;1-2-18-23-21(30-25-18)24-20(28)22-17-8-7-15(26-9-11-29-12-10-26)13-16(17)19(27)14-5-3-4-6-14;1-13-21-20(29-24-13)23-19(27)22-17-7-6-15(25-8-10-28-11-9-25)12-16(17)18(26)14-4-2-3-5-14/h1-3,8-11,16-17H,4-7,12-15H2,(H2,26,27,28,29,32);7-8,13-15H,3-6,9-12H2,1-2H3,(H2,23,24,25,26,29);7-8,13-14H,2-6,9-12H2,1H3,(H2,22,23,24,25,28);6-7,12,14H,2-5,8-11H2,1H3,(H2,21,22,23,24,27). The molecule has 36 heteroatoms. The van der Waals surface area contributed by atoms with Gasteiger partial charge in [-0.05, 0) is 131 Å². The van der Waals surface area contributed by atoms with Gasteiger partial charge in [0.2, 0.25) is 20.5 Å². The molecule has 656 valence electrons. The van der Waals surface area contributed by atoms with E-state index in [1.807, 2.05) is 124 Å². The minimum atomic E-state index is -0.449. The lowest BCUT2D eigenvalue weighted by molar-refractivity contribution is 0.0916. The highest BCUT2D eigenvalue weighted by molar-refractivity contribution is 7.10. The van der Waals surface area contributed by atoms with Crippen LogP contribution in [0.3, 0.4) is 0 Å². The summed E-state index contributed by atoms with van der Waals surface area (Å²) < 4.78 is 38.6. The molecule has 4 saturated carbocycles. The first kappa shape index (κ1) is 89.4. The normalized spacial score (nSPS) is 17.0. The second-order valence-electron chi connectivity index (χ2n) is 31.9. The van der Waals surface area contributed by atoms with Gasteiger partial charge in [-0.15, -0.1) is 0 Å². The van der Waals surface area contributed by atoms with Crippen molar-refractivity contribution >= 4 is 159 Å². The van der Waals surface area contributed by atoms with Crippen molar-refractivity contribution in [3.63, 3.8) is 0 Å². The quantitative estimate of drug-likeness (QED) is 0.0276. The number of ketones is 4. The third-order valence-electron chi connectivity index (χ3n) is 23.1. The van der Waals surface area contributed by atoms with Crippen molar-refractivity contribution in [2.45, 2.75) is 143 Å². The minimum absolute atomic E-state index is 0.0140. The summed E-state index contributed by atoms with van der Waals surface area (Å²) in [6, 6.07) is 30.6. The van der Waals surface area contributed by atoms with E-state index in [2.05, 4.69) is 99.6 Å². The number of nitrogens with one attached hydrogen (secondary N) is 8. The summed E-state index contributed by atoms with van der Waals surface area (Å²) in [5, 5.41) is 24.0. The minimum Gasteiger partial charge on any atom is -0.378 e. The molecule has 0 spiro atoms. The van der Waals surface area contributed by atoms with Crippen molar-refractivity contribution in [3.05, 3.63) is 143 Å². The smallest absolute Gasteiger partial charge is 0.325 e. The van der Waals surface area contributed by atoms with E-state index >= 15 is 0 Å². The molecule has 8 heterocycles. The van der Waals surface area contributed by atoms with Crippen LogP contribution in [-0.4, -0.2) is 190 Å². The van der Waals surface area contributed by atoms with E-state index in [4.69, 9.17) is 18.9 Å². The molecule has 0 bridgehead atoms. The largest absolute Gasteiger partial charge is 0.378 e. The number of aryl methyl sites for hydroxylation is 2. The zero-order chi connectivity index (χ0) is 86.3. The molecule has 8 amide bonds. The SMILES string of the molecule is CC(C)c1nsc(NC(=O)Nc2ccc(N3CCOCC3)cc2C(=O)C2CCCC2)n1.CCc1nsc(NC(=O)Nc2ccc(N3CCOCC3)cc2C(=O)C2CCCC2)n1.Cc1nsc(NC(=O)Nc2ccc(N3CCOCC3)cc2C(=O)C2CCCC2)n1.O=C(Nc1nc(-c2ccccc2)ns1)Nc1ccc(N2CCOCC2)cc1C(=O)C1CCCC1. The fourth-order valence-electron chi connectivity index (χ4n) is 16.4. The van der Waals surface area contributed by atoms with E-state index in [0.717, 1.165) is 230 Å². The van der Waals surface area contributed by atoms with Crippen LogP contribution in [0.4, 0.5) is 85.2 Å². The van der Waals surface area contributed by atoms with Gasteiger partial charge in [-0.3, -0.25) is 40.4 Å². The van der Waals surface area contributed by atoms with Crippen LogP contribution >= 0.6 is 46.1 Å². The molecule has 8 aliphatic rings. The van der Waals surface area contributed by atoms with Crippen molar-refractivity contribution in [1.82, 2.24) is 37.4 Å². The maximum absolute atomic E-state index is 13.4. The number of morpholine rings is 4. The Bertz CT molecular complexity index is 5130. The van der Waals surface area contributed by atoms with Gasteiger partial charge in [0.05, 0.1) is 75.6 Å². The number of aromatic nitrogens is 8. The Balaban J connectivity index is 0.000000135. The van der Waals surface area contributed by atoms with Crippen molar-refractivity contribution < 1.29 is 57.3 Å². The Kier molecular flexibility index (Phi) is 31.8. The Hall–Kier alpha value is -10.9. The highest BCUT2D eigenvalue weighted by Crippen LogP contribution is 2.39. The monoisotopic (exact) mass is 1760 g/mol. The first-order valence-corrected chi connectivity index (χ1v) is 46.2. The summed E-state index contributed by atoms with van der Waals surface area (Å²) in [7, 11) is 0. The van der Waals surface area contributed by atoms with E-state index in [9.17, 15) is 38.4 Å². The summed E-state index contributed by atoms with van der Waals surface area (Å²) in [5.41, 5.74) is 9.21. The second-order valence-corrected chi connectivity index (χ2v) is 34.9. The lowest BCUT2D eigenvalue weighted by Gasteiger charge is -2.29. The van der Waals surface area contributed by atoms with Crippen LogP contribution in [0.1, 0.15) is 188 Å². The molecular weight excluding hydrogens is 1660 g/mol. The first-order valence-electron chi connectivity index (χ1n) is 43.1. The molecule has 9 aromatic rings. The number of Topliss-reactive ketones (excluding diaryl/α,β-unsaturated/α-hetero) is 4. The summed E-state index contributed by atoms with van der Waals surface area (Å²) in [4.78, 5) is 130. The molecular formula is C88H108N20O12S4. The van der Waals surface area contributed by atoms with Crippen LogP contribution in [0.2, 0.25) is 0 Å². The van der Waals surface area contributed by atoms with E-state index in [0.29, 0.717) is 148 Å². The number of carbonyl (C=O) groups excluding carboxylic acids is 8. The number of anilines is 12. The molecule has 5 aromatic carbocycles. The van der Waals surface area contributed by atoms with E-state index < -0.39 is 24.1 Å². The Morgan fingerprint density at radius 2 is 0.661 bits per heavy atom. The molecule has 124 heavy (non-hydrogen) atoms. The maximum Gasteiger partial charge on any atom is 0.325 e. The van der Waals surface area contributed by atoms with Crippen LogP contribution in [0, 0.1) is 30.6 Å². The number of nitrogens with zero attached hydrogens (tertiary/aromatic N) is 12. The average Bonchev–Trinajstić information content (AvgIpc) is 1.18. The molecule has 32 nitrogen and oxygen atoms in total. The van der Waals surface area contributed by atoms with Gasteiger partial charge in [0, 0.05) is 185 Å². The number of urea groups is 4. The predicted octanol–water partition coefficient (Wildman–Crippen LogP) is 17.2. The zero-order valence-corrected chi connectivity index (χ0v) is 73.7. The van der Waals surface area contributed by atoms with Crippen LogP contribution in [0.15, 0.2) is 103 Å². The molecule has 4 saturated heterocycles. The van der Waals surface area contributed by atoms with Gasteiger partial charge in [0.1, 0.15) is 17.5 Å². The Morgan fingerprint density at radius 3 is 0.960 bits per heavy atom.